The van der Waals surface area contributed by atoms with Gasteiger partial charge in [0, 0.05) is 6.07 Å². The first kappa shape index (κ1) is 12.8. The largest absolute Gasteiger partial charge is 0.300 e. The van der Waals surface area contributed by atoms with Crippen molar-refractivity contribution in [3.63, 3.8) is 0 Å². The van der Waals surface area contributed by atoms with Crippen molar-refractivity contribution in [2.75, 3.05) is 0 Å². The minimum absolute atomic E-state index is 0.0700. The molecule has 0 radical (unpaired) electrons. The third-order valence-corrected chi connectivity index (χ3v) is 2.01. The van der Waals surface area contributed by atoms with Crippen LogP contribution in [-0.2, 0) is 9.59 Å². The number of nitro benzene ring substituents is 1. The van der Waals surface area contributed by atoms with Crippen LogP contribution < -0.4 is 0 Å². The average molecular weight is 233 g/mol. The second kappa shape index (κ2) is 5.69. The molecule has 0 atom stereocenters. The van der Waals surface area contributed by atoms with Gasteiger partial charge in [-0.3, -0.25) is 19.7 Å². The molecule has 0 saturated heterocycles. The molecule has 0 aliphatic rings. The molecule has 0 unspecified atom stereocenters. The first-order valence-electron chi connectivity index (χ1n) is 4.94. The number of nitrogens with zero attached hydrogens (tertiary/aromatic N) is 1. The number of carbonyl (C=O) groups excluding carboxylic acids is 2. The van der Waals surface area contributed by atoms with Gasteiger partial charge in [0.15, 0.2) is 5.78 Å². The number of para-hydroxylation sites is 1. The maximum atomic E-state index is 11.2. The van der Waals surface area contributed by atoms with E-state index < -0.39 is 4.92 Å². The maximum Gasteiger partial charge on any atom is 0.276 e. The third kappa shape index (κ3) is 3.98. The molecule has 88 valence electrons. The predicted octanol–water partition coefficient (Wildman–Crippen LogP) is 2.16. The fourth-order valence-electron chi connectivity index (χ4n) is 1.28. The van der Waals surface area contributed by atoms with Gasteiger partial charge in [0.25, 0.3) is 5.69 Å². The Hall–Kier alpha value is -2.30. The number of benzene rings is 1. The molecule has 0 aliphatic heterocycles. The lowest BCUT2D eigenvalue weighted by Crippen LogP contribution is -2.00. The number of ketones is 2. The highest BCUT2D eigenvalue weighted by Gasteiger charge is 2.09. The summed E-state index contributed by atoms with van der Waals surface area (Å²) < 4.78 is 0. The molecular formula is C12H11NO4. The van der Waals surface area contributed by atoms with Crippen molar-refractivity contribution in [1.29, 1.82) is 0 Å². The van der Waals surface area contributed by atoms with Gasteiger partial charge >= 0.3 is 0 Å². The van der Waals surface area contributed by atoms with Crippen molar-refractivity contribution in [2.24, 2.45) is 0 Å². The van der Waals surface area contributed by atoms with E-state index in [-0.39, 0.29) is 23.7 Å². The zero-order valence-electron chi connectivity index (χ0n) is 9.25. The summed E-state index contributed by atoms with van der Waals surface area (Å²) in [6.45, 7) is 1.32. The molecule has 1 aromatic carbocycles. The van der Waals surface area contributed by atoms with Crippen LogP contribution in [0.2, 0.25) is 0 Å². The van der Waals surface area contributed by atoms with Crippen LogP contribution in [0.3, 0.4) is 0 Å². The maximum absolute atomic E-state index is 11.2. The fraction of sp³-hybridized carbons (Fsp3) is 0.167. The number of nitro groups is 1. The lowest BCUT2D eigenvalue weighted by Gasteiger charge is -1.96. The third-order valence-electron chi connectivity index (χ3n) is 2.01. The van der Waals surface area contributed by atoms with Crippen molar-refractivity contribution < 1.29 is 14.5 Å². The molecule has 5 nitrogen and oxygen atoms in total. The van der Waals surface area contributed by atoms with E-state index >= 15 is 0 Å². The summed E-state index contributed by atoms with van der Waals surface area (Å²) in [6.07, 6.45) is 2.35. The minimum atomic E-state index is -0.519. The van der Waals surface area contributed by atoms with Crippen LogP contribution in [0.5, 0.6) is 0 Å². The Morgan fingerprint density at radius 1 is 1.35 bits per heavy atom. The predicted molar refractivity (Wildman–Crippen MR) is 62.4 cm³/mol. The molecule has 0 spiro atoms. The van der Waals surface area contributed by atoms with Crippen molar-refractivity contribution >= 4 is 23.3 Å². The Kier molecular flexibility index (Phi) is 4.28. The van der Waals surface area contributed by atoms with E-state index in [4.69, 9.17) is 0 Å². The molecule has 1 rings (SSSR count). The summed E-state index contributed by atoms with van der Waals surface area (Å²) in [6, 6.07) is 6.08. The first-order chi connectivity index (χ1) is 8.00. The molecule has 1 aromatic rings. The topological polar surface area (TPSA) is 77.3 Å². The molecule has 0 aromatic heterocycles. The second-order valence-corrected chi connectivity index (χ2v) is 3.49. The van der Waals surface area contributed by atoms with Crippen LogP contribution in [0, 0.1) is 10.1 Å². The Bertz CT molecular complexity index is 491. The van der Waals surface area contributed by atoms with Gasteiger partial charge in [0.2, 0.25) is 0 Å². The SMILES string of the molecule is CC(=O)CC(=O)C=Cc1ccccc1[N+](=O)[O-]. The van der Waals surface area contributed by atoms with Crippen molar-refractivity contribution in [3.05, 3.63) is 46.0 Å². The van der Waals surface area contributed by atoms with E-state index in [0.29, 0.717) is 5.56 Å². The van der Waals surface area contributed by atoms with E-state index in [1.165, 1.54) is 31.2 Å². The Morgan fingerprint density at radius 3 is 2.59 bits per heavy atom. The van der Waals surface area contributed by atoms with Gasteiger partial charge in [-0.1, -0.05) is 12.1 Å². The van der Waals surface area contributed by atoms with Crippen LogP contribution in [0.1, 0.15) is 18.9 Å². The standard InChI is InChI=1S/C12H11NO4/c1-9(14)8-11(15)7-6-10-4-2-3-5-12(10)13(16)17/h2-7H,8H2,1H3. The molecule has 0 heterocycles. The number of hydrogen-bond donors (Lipinski definition) is 0. The lowest BCUT2D eigenvalue weighted by atomic mass is 10.1. The first-order valence-corrected chi connectivity index (χ1v) is 4.94. The summed E-state index contributed by atoms with van der Waals surface area (Å²) in [5.41, 5.74) is 0.272. The highest BCUT2D eigenvalue weighted by Crippen LogP contribution is 2.18. The molecule has 0 amide bonds. The van der Waals surface area contributed by atoms with Gasteiger partial charge in [-0.15, -0.1) is 0 Å². The molecule has 0 fully saturated rings. The average Bonchev–Trinajstić information content (AvgIpc) is 2.25. The van der Waals surface area contributed by atoms with E-state index in [0.717, 1.165) is 0 Å². The number of carbonyl (C=O) groups is 2. The van der Waals surface area contributed by atoms with Gasteiger partial charge in [-0.25, -0.2) is 0 Å². The van der Waals surface area contributed by atoms with Gasteiger partial charge in [0.05, 0.1) is 16.9 Å². The molecule has 0 aliphatic carbocycles. The minimum Gasteiger partial charge on any atom is -0.300 e. The van der Waals surface area contributed by atoms with E-state index in [2.05, 4.69) is 0 Å². The van der Waals surface area contributed by atoms with Gasteiger partial charge < -0.3 is 0 Å². The lowest BCUT2D eigenvalue weighted by molar-refractivity contribution is -0.385. The quantitative estimate of drug-likeness (QED) is 0.338. The number of hydrogen-bond acceptors (Lipinski definition) is 4. The number of Topliss-reactive ketones (excluding diaryl/α,β-unsaturated/α-hetero) is 1. The molecule has 17 heavy (non-hydrogen) atoms. The fourth-order valence-corrected chi connectivity index (χ4v) is 1.28. The molecule has 0 N–H and O–H groups in total. The van der Waals surface area contributed by atoms with Crippen LogP contribution in [0.4, 0.5) is 5.69 Å². The Balaban J connectivity index is 2.88. The van der Waals surface area contributed by atoms with Crippen molar-refractivity contribution in [3.8, 4) is 0 Å². The smallest absolute Gasteiger partial charge is 0.276 e. The Labute approximate surface area is 97.9 Å². The van der Waals surface area contributed by atoms with Crippen LogP contribution in [0.15, 0.2) is 30.3 Å². The Morgan fingerprint density at radius 2 is 2.00 bits per heavy atom. The van der Waals surface area contributed by atoms with Crippen LogP contribution >= 0.6 is 0 Å². The molecule has 0 bridgehead atoms. The molecule has 0 saturated carbocycles. The molecular weight excluding hydrogens is 222 g/mol. The molecule has 5 heteroatoms. The van der Waals surface area contributed by atoms with Crippen LogP contribution in [0.25, 0.3) is 6.08 Å². The summed E-state index contributed by atoms with van der Waals surface area (Å²) in [5.74, 6) is -0.599. The van der Waals surface area contributed by atoms with Crippen molar-refractivity contribution in [1.82, 2.24) is 0 Å². The summed E-state index contributed by atoms with van der Waals surface area (Å²) in [7, 11) is 0. The van der Waals surface area contributed by atoms with Gasteiger partial charge in [-0.05, 0) is 25.1 Å². The monoisotopic (exact) mass is 233 g/mol. The van der Waals surface area contributed by atoms with E-state index in [1.54, 1.807) is 12.1 Å². The van der Waals surface area contributed by atoms with Crippen LogP contribution in [-0.4, -0.2) is 16.5 Å². The van der Waals surface area contributed by atoms with Gasteiger partial charge in [0.1, 0.15) is 5.78 Å². The summed E-state index contributed by atoms with van der Waals surface area (Å²) in [4.78, 5) is 32.1. The van der Waals surface area contributed by atoms with E-state index in [9.17, 15) is 19.7 Å². The van der Waals surface area contributed by atoms with Gasteiger partial charge in [-0.2, -0.15) is 0 Å². The zero-order valence-corrected chi connectivity index (χ0v) is 9.25. The summed E-state index contributed by atoms with van der Waals surface area (Å²) >= 11 is 0. The van der Waals surface area contributed by atoms with E-state index in [1.807, 2.05) is 0 Å². The number of allylic oxidation sites excluding steroid dienone is 1. The highest BCUT2D eigenvalue weighted by atomic mass is 16.6. The van der Waals surface area contributed by atoms with Crippen molar-refractivity contribution in [2.45, 2.75) is 13.3 Å². The second-order valence-electron chi connectivity index (χ2n) is 3.49. The number of rotatable bonds is 5. The zero-order chi connectivity index (χ0) is 12.8. The summed E-state index contributed by atoms with van der Waals surface area (Å²) in [5, 5.41) is 10.7. The normalized spacial score (nSPS) is 10.4. The highest BCUT2D eigenvalue weighted by molar-refractivity contribution is 6.05.